The van der Waals surface area contributed by atoms with Crippen LogP contribution in [0.15, 0.2) is 17.8 Å². The van der Waals surface area contributed by atoms with Crippen molar-refractivity contribution in [1.82, 2.24) is 0 Å². The summed E-state index contributed by atoms with van der Waals surface area (Å²) in [6.45, 7) is 5.08. The maximum atomic E-state index is 5.08. The van der Waals surface area contributed by atoms with Crippen LogP contribution in [0.1, 0.15) is 0 Å². The van der Waals surface area contributed by atoms with Gasteiger partial charge in [-0.1, -0.05) is 0 Å². The van der Waals surface area contributed by atoms with Crippen molar-refractivity contribution in [2.24, 2.45) is 5.73 Å². The third kappa shape index (κ3) is 5.84. The third-order valence-corrected chi connectivity index (χ3v) is 0.932. The summed E-state index contributed by atoms with van der Waals surface area (Å²) in [5.74, 6) is 0. The molecule has 0 bridgehead atoms. The van der Waals surface area contributed by atoms with E-state index in [4.69, 9.17) is 12.3 Å². The molecule has 7 heavy (non-hydrogen) atoms. The first-order chi connectivity index (χ1) is 3.27. The average Bonchev–Trinajstić information content (AvgIpc) is 1.61. The third-order valence-electron chi connectivity index (χ3n) is 0.367. The summed E-state index contributed by atoms with van der Waals surface area (Å²) in [5, 5.41) is 0. The first-order valence-electron chi connectivity index (χ1n) is 1.77. The van der Waals surface area contributed by atoms with Gasteiger partial charge >= 0.3 is 53.9 Å². The topological polar surface area (TPSA) is 26.0 Å². The molecule has 0 aromatic carbocycles. The predicted molar refractivity (Wildman–Crippen MR) is 27.2 cm³/mol. The molecule has 0 unspecified atom stereocenters. The number of hydrogen-bond donors (Lipinski definition) is 1. The first kappa shape index (κ1) is 6.84. The van der Waals surface area contributed by atoms with Crippen LogP contribution in [0.3, 0.4) is 0 Å². The Bertz CT molecular complexity index is 105. The Labute approximate surface area is 54.3 Å². The van der Waals surface area contributed by atoms with E-state index >= 15 is 0 Å². The fraction of sp³-hybridized carbons (Fsp3) is 0. The second-order valence-corrected chi connectivity index (χ2v) is 1.97. The number of nitrogens with two attached hydrogens (primary N) is 1. The molecule has 0 saturated heterocycles. The van der Waals surface area contributed by atoms with Crippen LogP contribution in [0.4, 0.5) is 0 Å². The molecule has 0 radical (unpaired) electrons. The number of allylic oxidation sites excluding steroid dienone is 2. The Morgan fingerprint density at radius 3 is 2.43 bits per heavy atom. The van der Waals surface area contributed by atoms with Gasteiger partial charge in [-0.05, 0) is 0 Å². The number of rotatable bonds is 2. The van der Waals surface area contributed by atoms with Gasteiger partial charge in [0.25, 0.3) is 0 Å². The molecule has 0 heterocycles. The van der Waals surface area contributed by atoms with E-state index < -0.39 is 0 Å². The summed E-state index contributed by atoms with van der Waals surface area (Å²) >= 11 is 1.40. The van der Waals surface area contributed by atoms with E-state index in [0.717, 1.165) is 0 Å². The summed E-state index contributed by atoms with van der Waals surface area (Å²) in [7, 11) is 0. The zero-order valence-electron chi connectivity index (χ0n) is 3.79. The van der Waals surface area contributed by atoms with Crippen molar-refractivity contribution in [2.75, 3.05) is 0 Å². The summed E-state index contributed by atoms with van der Waals surface area (Å²) in [6.07, 6.45) is 3.48. The van der Waals surface area contributed by atoms with Gasteiger partial charge in [0.05, 0.1) is 0 Å². The molecule has 0 rings (SSSR count). The molecule has 0 saturated carbocycles. The van der Waals surface area contributed by atoms with Gasteiger partial charge in [-0.3, -0.25) is 0 Å². The molecule has 0 aromatic rings. The van der Waals surface area contributed by atoms with Crippen LogP contribution in [-0.4, -0.2) is 4.40 Å². The molecule has 2 N–H and O–H groups in total. The quantitative estimate of drug-likeness (QED) is 0.558. The standard InChI is InChI=1S/C5H6N.W/c1-3-4-5(2)6;/h1-4H,6H2;/q-1;/b4-3-;. The van der Waals surface area contributed by atoms with Gasteiger partial charge in [0.1, 0.15) is 0 Å². The van der Waals surface area contributed by atoms with Gasteiger partial charge in [0, 0.05) is 0 Å². The van der Waals surface area contributed by atoms with Crippen LogP contribution < -0.4 is 5.73 Å². The van der Waals surface area contributed by atoms with Crippen LogP contribution in [0, 0.1) is 6.58 Å². The van der Waals surface area contributed by atoms with Crippen LogP contribution in [0.5, 0.6) is 0 Å². The molecule has 0 fully saturated rings. The van der Waals surface area contributed by atoms with Crippen molar-refractivity contribution in [2.45, 2.75) is 0 Å². The minimum atomic E-state index is 0.359. The summed E-state index contributed by atoms with van der Waals surface area (Å²) in [4.78, 5) is 0. The van der Waals surface area contributed by atoms with Crippen LogP contribution >= 0.6 is 0 Å². The van der Waals surface area contributed by atoms with Crippen LogP contribution in [-0.2, 0) is 19.4 Å². The van der Waals surface area contributed by atoms with E-state index in [2.05, 4.69) is 0 Å². The number of hydrogen-bond acceptors (Lipinski definition) is 1. The zero-order valence-corrected chi connectivity index (χ0v) is 6.73. The Morgan fingerprint density at radius 2 is 2.29 bits per heavy atom. The molecular weight excluding hydrogens is 258 g/mol. The van der Waals surface area contributed by atoms with Gasteiger partial charge < -0.3 is 0 Å². The first-order valence-corrected chi connectivity index (χ1v) is 3.46. The molecule has 0 spiro atoms. The van der Waals surface area contributed by atoms with Gasteiger partial charge in [0.15, 0.2) is 0 Å². The summed E-state index contributed by atoms with van der Waals surface area (Å²) in [5.41, 5.74) is 5.43. The van der Waals surface area contributed by atoms with Crippen molar-refractivity contribution in [1.29, 1.82) is 0 Å². The average molecular weight is 264 g/mol. The fourth-order valence-corrected chi connectivity index (χ4v) is 0.433. The monoisotopic (exact) mass is 264 g/mol. The van der Waals surface area contributed by atoms with Crippen molar-refractivity contribution in [3.63, 3.8) is 0 Å². The maximum absolute atomic E-state index is 5.08. The zero-order chi connectivity index (χ0) is 5.70. The summed E-state index contributed by atoms with van der Waals surface area (Å²) < 4.78 is 1.94. The van der Waals surface area contributed by atoms with Gasteiger partial charge in [-0.25, -0.2) is 0 Å². The van der Waals surface area contributed by atoms with Crippen LogP contribution in [0.2, 0.25) is 0 Å². The van der Waals surface area contributed by atoms with E-state index in [1.807, 2.05) is 10.5 Å². The van der Waals surface area contributed by atoms with E-state index in [1.165, 1.54) is 19.4 Å². The molecule has 1 nitrogen and oxygen atoms in total. The van der Waals surface area contributed by atoms with Gasteiger partial charge in [-0.2, -0.15) is 0 Å². The van der Waals surface area contributed by atoms with E-state index in [-0.39, 0.29) is 0 Å². The van der Waals surface area contributed by atoms with Crippen molar-refractivity contribution in [3.05, 3.63) is 24.4 Å². The molecule has 0 aromatic heterocycles. The molecule has 0 amide bonds. The Kier molecular flexibility index (Phi) is 3.92. The SMILES string of the molecule is [CH-]=C(N)/C=C\[CH]=[W]. The van der Waals surface area contributed by atoms with Crippen molar-refractivity contribution < 1.29 is 19.4 Å². The van der Waals surface area contributed by atoms with Crippen molar-refractivity contribution in [3.8, 4) is 0 Å². The second-order valence-electron chi connectivity index (χ2n) is 0.995. The van der Waals surface area contributed by atoms with E-state index in [9.17, 15) is 0 Å². The van der Waals surface area contributed by atoms with E-state index in [0.29, 0.717) is 5.70 Å². The molecule has 0 aliphatic rings. The normalized spacial score (nSPS) is 9.14. The Balaban J connectivity index is 3.46. The summed E-state index contributed by atoms with van der Waals surface area (Å²) in [6, 6.07) is 0. The molecule has 2 heteroatoms. The van der Waals surface area contributed by atoms with Gasteiger partial charge in [0.2, 0.25) is 0 Å². The van der Waals surface area contributed by atoms with E-state index in [1.54, 1.807) is 6.08 Å². The molecular formula is C5H6NW-. The molecule has 38 valence electrons. The molecule has 0 atom stereocenters. The minimum absolute atomic E-state index is 0.359. The van der Waals surface area contributed by atoms with Gasteiger partial charge in [-0.15, -0.1) is 0 Å². The predicted octanol–water partition coefficient (Wildman–Crippen LogP) is 0.167. The fourth-order valence-electron chi connectivity index (χ4n) is 0.150. The molecule has 0 aliphatic carbocycles. The Hall–Kier alpha value is -0.162. The second kappa shape index (κ2) is 4.01. The Morgan fingerprint density at radius 1 is 1.71 bits per heavy atom. The molecule has 0 aliphatic heterocycles. The van der Waals surface area contributed by atoms with Crippen LogP contribution in [0.25, 0.3) is 0 Å². The van der Waals surface area contributed by atoms with Crippen molar-refractivity contribution >= 4 is 4.40 Å².